The van der Waals surface area contributed by atoms with E-state index in [0.717, 1.165) is 0 Å². The topological polar surface area (TPSA) is 77.5 Å². The van der Waals surface area contributed by atoms with Crippen LogP contribution in [0, 0.1) is 11.7 Å². The number of Topliss-reactive ketones (excluding diaryl/α,β-unsaturated/α-hetero) is 1. The lowest BCUT2D eigenvalue weighted by Crippen LogP contribution is -2.20. The first-order chi connectivity index (χ1) is 12.4. The highest BCUT2D eigenvalue weighted by Crippen LogP contribution is 2.22. The number of esters is 1. The molecule has 2 aromatic rings. The molecule has 0 aliphatic carbocycles. The number of hydrogen-bond acceptors (Lipinski definition) is 5. The van der Waals surface area contributed by atoms with Gasteiger partial charge in [0.25, 0.3) is 0 Å². The summed E-state index contributed by atoms with van der Waals surface area (Å²) in [6.07, 6.45) is 0.365. The minimum atomic E-state index is -3.63. The minimum absolute atomic E-state index is 0.00365. The zero-order chi connectivity index (χ0) is 18.7. The maximum Gasteiger partial charge on any atom is 0.310 e. The molecule has 0 saturated carbocycles. The molecular formula is C19H17FO5S. The Hall–Kier alpha value is -2.54. The summed E-state index contributed by atoms with van der Waals surface area (Å²) in [4.78, 5) is 23.7. The predicted octanol–water partition coefficient (Wildman–Crippen LogP) is 2.59. The molecule has 1 aliphatic heterocycles. The number of hydrogen-bond donors (Lipinski definition) is 0. The van der Waals surface area contributed by atoms with Crippen LogP contribution in [-0.2, 0) is 25.8 Å². The van der Waals surface area contributed by atoms with Gasteiger partial charge in [0.1, 0.15) is 5.82 Å². The molecule has 1 aliphatic rings. The smallest absolute Gasteiger partial charge is 0.310 e. The van der Waals surface area contributed by atoms with E-state index in [1.54, 1.807) is 6.07 Å². The van der Waals surface area contributed by atoms with Crippen LogP contribution in [0.5, 0.6) is 0 Å². The third kappa shape index (κ3) is 3.99. The van der Waals surface area contributed by atoms with Gasteiger partial charge in [-0.2, -0.15) is 0 Å². The van der Waals surface area contributed by atoms with Gasteiger partial charge in [0.05, 0.1) is 28.7 Å². The van der Waals surface area contributed by atoms with E-state index in [1.165, 1.54) is 42.5 Å². The van der Waals surface area contributed by atoms with E-state index in [1.807, 2.05) is 0 Å². The number of ether oxygens (including phenoxy) is 1. The van der Waals surface area contributed by atoms with Crippen LogP contribution in [0.4, 0.5) is 4.39 Å². The Labute approximate surface area is 150 Å². The van der Waals surface area contributed by atoms with Crippen LogP contribution >= 0.6 is 0 Å². The number of halogens is 1. The first kappa shape index (κ1) is 18.3. The summed E-state index contributed by atoms with van der Waals surface area (Å²) >= 11 is 0. The van der Waals surface area contributed by atoms with Crippen LogP contribution in [0.1, 0.15) is 22.3 Å². The van der Waals surface area contributed by atoms with Gasteiger partial charge in [0.2, 0.25) is 0 Å². The number of carbonyl (C=O) groups excluding carboxylic acids is 2. The SMILES string of the molecule is O=C(Cc1ccc(S(=O)(=O)C[C@H]2CCOC2=O)cc1)c1ccccc1F. The predicted molar refractivity (Wildman–Crippen MR) is 92.0 cm³/mol. The van der Waals surface area contributed by atoms with Gasteiger partial charge in [-0.1, -0.05) is 24.3 Å². The molecule has 1 heterocycles. The summed E-state index contributed by atoms with van der Waals surface area (Å²) in [5.74, 6) is -2.38. The van der Waals surface area contributed by atoms with E-state index < -0.39 is 27.5 Å². The lowest BCUT2D eigenvalue weighted by atomic mass is 10.0. The molecule has 1 atom stereocenters. The van der Waals surface area contributed by atoms with E-state index in [4.69, 9.17) is 4.74 Å². The summed E-state index contributed by atoms with van der Waals surface area (Å²) in [6.45, 7) is 0.246. The van der Waals surface area contributed by atoms with Gasteiger partial charge < -0.3 is 4.74 Å². The Bertz CT molecular complexity index is 935. The van der Waals surface area contributed by atoms with Crippen molar-refractivity contribution in [1.29, 1.82) is 0 Å². The number of carbonyl (C=O) groups is 2. The zero-order valence-electron chi connectivity index (χ0n) is 13.9. The molecule has 0 aromatic heterocycles. The number of sulfone groups is 1. The van der Waals surface area contributed by atoms with Crippen LogP contribution in [0.15, 0.2) is 53.4 Å². The Morgan fingerprint density at radius 2 is 1.81 bits per heavy atom. The van der Waals surface area contributed by atoms with Crippen LogP contribution in [0.3, 0.4) is 0 Å². The fourth-order valence-corrected chi connectivity index (χ4v) is 4.41. The Kier molecular flexibility index (Phi) is 5.18. The second-order valence-corrected chi connectivity index (χ2v) is 8.19. The standard InChI is InChI=1S/C19H17FO5S/c20-17-4-2-1-3-16(17)18(21)11-13-5-7-15(8-6-13)26(23,24)12-14-9-10-25-19(14)22/h1-8,14H,9-12H2/t14-/m1/s1. The van der Waals surface area contributed by atoms with Crippen molar-refractivity contribution in [3.8, 4) is 0 Å². The normalized spacial score (nSPS) is 17.1. The fourth-order valence-electron chi connectivity index (χ4n) is 2.83. The minimum Gasteiger partial charge on any atom is -0.465 e. The average molecular weight is 376 g/mol. The molecule has 1 saturated heterocycles. The maximum absolute atomic E-state index is 13.7. The quantitative estimate of drug-likeness (QED) is 0.572. The lowest BCUT2D eigenvalue weighted by molar-refractivity contribution is -0.140. The molecule has 0 bridgehead atoms. The second kappa shape index (κ2) is 7.37. The zero-order valence-corrected chi connectivity index (χ0v) is 14.7. The third-order valence-electron chi connectivity index (χ3n) is 4.29. The summed E-state index contributed by atoms with van der Waals surface area (Å²) in [5.41, 5.74) is 0.585. The van der Waals surface area contributed by atoms with Crippen LogP contribution < -0.4 is 0 Å². The van der Waals surface area contributed by atoms with Crippen molar-refractivity contribution in [3.63, 3.8) is 0 Å². The molecule has 26 heavy (non-hydrogen) atoms. The fraction of sp³-hybridized carbons (Fsp3) is 0.263. The van der Waals surface area contributed by atoms with Gasteiger partial charge in [-0.25, -0.2) is 12.8 Å². The molecule has 0 unspecified atom stereocenters. The van der Waals surface area contributed by atoms with E-state index in [0.29, 0.717) is 12.0 Å². The Balaban J connectivity index is 1.71. The van der Waals surface area contributed by atoms with E-state index in [9.17, 15) is 22.4 Å². The van der Waals surface area contributed by atoms with Gasteiger partial charge in [0, 0.05) is 6.42 Å². The second-order valence-electron chi connectivity index (χ2n) is 6.16. The van der Waals surface area contributed by atoms with Gasteiger partial charge in [0.15, 0.2) is 15.6 Å². The van der Waals surface area contributed by atoms with Crippen molar-refractivity contribution in [2.45, 2.75) is 17.7 Å². The Morgan fingerprint density at radius 1 is 1.12 bits per heavy atom. The average Bonchev–Trinajstić information content (AvgIpc) is 3.00. The van der Waals surface area contributed by atoms with Crippen molar-refractivity contribution < 1.29 is 27.1 Å². The van der Waals surface area contributed by atoms with Crippen molar-refractivity contribution in [2.75, 3.05) is 12.4 Å². The van der Waals surface area contributed by atoms with Gasteiger partial charge in [-0.15, -0.1) is 0 Å². The summed E-state index contributed by atoms with van der Waals surface area (Å²) in [7, 11) is -3.63. The van der Waals surface area contributed by atoms with Crippen LogP contribution in [-0.4, -0.2) is 32.5 Å². The third-order valence-corrected chi connectivity index (χ3v) is 6.12. The number of cyclic esters (lactones) is 1. The molecule has 0 amide bonds. The molecule has 0 radical (unpaired) electrons. The highest BCUT2D eigenvalue weighted by atomic mass is 32.2. The molecule has 5 nitrogen and oxygen atoms in total. The van der Waals surface area contributed by atoms with Crippen molar-refractivity contribution >= 4 is 21.6 Å². The molecule has 0 N–H and O–H groups in total. The largest absolute Gasteiger partial charge is 0.465 e. The molecule has 2 aromatic carbocycles. The first-order valence-electron chi connectivity index (χ1n) is 8.13. The summed E-state index contributed by atoms with van der Waals surface area (Å²) in [6, 6.07) is 11.6. The monoisotopic (exact) mass is 376 g/mol. The molecular weight excluding hydrogens is 359 g/mol. The number of ketones is 1. The van der Waals surface area contributed by atoms with Gasteiger partial charge in [-0.3, -0.25) is 9.59 Å². The van der Waals surface area contributed by atoms with Crippen molar-refractivity contribution in [2.24, 2.45) is 5.92 Å². The van der Waals surface area contributed by atoms with Crippen molar-refractivity contribution in [3.05, 3.63) is 65.5 Å². The number of benzene rings is 2. The van der Waals surface area contributed by atoms with E-state index in [-0.39, 0.29) is 35.0 Å². The Morgan fingerprint density at radius 3 is 2.42 bits per heavy atom. The highest BCUT2D eigenvalue weighted by Gasteiger charge is 2.32. The summed E-state index contributed by atoms with van der Waals surface area (Å²) in [5, 5.41) is 0. The van der Waals surface area contributed by atoms with Crippen molar-refractivity contribution in [1.82, 2.24) is 0 Å². The molecule has 0 spiro atoms. The lowest BCUT2D eigenvalue weighted by Gasteiger charge is -2.08. The van der Waals surface area contributed by atoms with Gasteiger partial charge in [-0.05, 0) is 36.2 Å². The van der Waals surface area contributed by atoms with Crippen LogP contribution in [0.25, 0.3) is 0 Å². The number of rotatable bonds is 6. The highest BCUT2D eigenvalue weighted by molar-refractivity contribution is 7.91. The molecule has 136 valence electrons. The van der Waals surface area contributed by atoms with E-state index in [2.05, 4.69) is 0 Å². The molecule has 7 heteroatoms. The maximum atomic E-state index is 13.7. The van der Waals surface area contributed by atoms with Gasteiger partial charge >= 0.3 is 5.97 Å². The molecule has 1 fully saturated rings. The van der Waals surface area contributed by atoms with E-state index >= 15 is 0 Å². The first-order valence-corrected chi connectivity index (χ1v) is 9.78. The van der Waals surface area contributed by atoms with Crippen LogP contribution in [0.2, 0.25) is 0 Å². The molecule has 3 rings (SSSR count). The summed E-state index contributed by atoms with van der Waals surface area (Å²) < 4.78 is 43.3.